The molecule has 0 unspecified atom stereocenters. The maximum absolute atomic E-state index is 12.2. The summed E-state index contributed by atoms with van der Waals surface area (Å²) in [7, 11) is -0.986. The van der Waals surface area contributed by atoms with Gasteiger partial charge in [-0.25, -0.2) is 17.7 Å². The molecule has 0 atom stereocenters. The lowest BCUT2D eigenvalue weighted by atomic mass is 10.3. The average Bonchev–Trinajstić information content (AvgIpc) is 2.53. The van der Waals surface area contributed by atoms with E-state index in [1.54, 1.807) is 0 Å². The number of benzene rings is 1. The van der Waals surface area contributed by atoms with Crippen molar-refractivity contribution in [3.63, 3.8) is 0 Å². The number of sulfonamides is 1. The molecule has 0 saturated carbocycles. The van der Waals surface area contributed by atoms with E-state index >= 15 is 0 Å². The maximum Gasteiger partial charge on any atom is 0.253 e. The summed E-state index contributed by atoms with van der Waals surface area (Å²) in [5, 5.41) is 2.82. The second-order valence-electron chi connectivity index (χ2n) is 5.24. The molecule has 2 rings (SSSR count). The lowest BCUT2D eigenvalue weighted by Crippen LogP contribution is -2.23. The van der Waals surface area contributed by atoms with Gasteiger partial charge in [0.1, 0.15) is 10.7 Å². The summed E-state index contributed by atoms with van der Waals surface area (Å²) in [5.41, 5.74) is 5.32. The lowest BCUT2D eigenvalue weighted by molar-refractivity contribution is -0.113. The first-order valence-electron chi connectivity index (χ1n) is 7.11. The number of hydrogen-bond acceptors (Lipinski definition) is 7. The van der Waals surface area contributed by atoms with Crippen LogP contribution in [0.4, 0.5) is 11.5 Å². The van der Waals surface area contributed by atoms with Crippen molar-refractivity contribution in [1.82, 2.24) is 14.3 Å². The van der Waals surface area contributed by atoms with Crippen LogP contribution in [0.25, 0.3) is 0 Å². The molecule has 0 aliphatic rings. The van der Waals surface area contributed by atoms with Crippen LogP contribution in [0.2, 0.25) is 5.02 Å². The number of nitrogens with one attached hydrogen (secondary N) is 2. The van der Waals surface area contributed by atoms with Crippen molar-refractivity contribution in [2.75, 3.05) is 30.9 Å². The monoisotopic (exact) mass is 417 g/mol. The zero-order valence-corrected chi connectivity index (χ0v) is 16.2. The van der Waals surface area contributed by atoms with Crippen molar-refractivity contribution in [1.29, 1.82) is 0 Å². The van der Waals surface area contributed by atoms with Gasteiger partial charge >= 0.3 is 0 Å². The number of rotatable bonds is 6. The third-order valence-corrected chi connectivity index (χ3v) is 6.22. The van der Waals surface area contributed by atoms with Gasteiger partial charge in [0.05, 0.1) is 10.8 Å². The fourth-order valence-electron chi connectivity index (χ4n) is 1.83. The third kappa shape index (κ3) is 4.97. The number of aromatic nitrogens is 2. The molecule has 1 aromatic carbocycles. The van der Waals surface area contributed by atoms with E-state index < -0.39 is 21.5 Å². The van der Waals surface area contributed by atoms with Gasteiger partial charge in [-0.15, -0.1) is 0 Å². The van der Waals surface area contributed by atoms with Crippen molar-refractivity contribution >= 4 is 50.8 Å². The highest BCUT2D eigenvalue weighted by atomic mass is 35.5. The Morgan fingerprint density at radius 2 is 2.08 bits per heavy atom. The predicted molar refractivity (Wildman–Crippen MR) is 101 cm³/mol. The molecular weight excluding hydrogens is 402 g/mol. The highest BCUT2D eigenvalue weighted by Gasteiger charge is 2.21. The molecule has 0 saturated heterocycles. The standard InChI is InChI=1S/C14H16ClN5O4S2/c1-20(2)26(23,24)10-5-8(3-4-9(10)15)17-13(22)7-25-14-18-11(16)6-12(21)19-14/h3-6H,7H2,1-2H3,(H,17,22)(H3,16,18,19,21). The third-order valence-electron chi connectivity index (χ3n) is 3.05. The van der Waals surface area contributed by atoms with Gasteiger partial charge in [-0.3, -0.25) is 9.59 Å². The van der Waals surface area contributed by atoms with Crippen LogP contribution in [0.15, 0.2) is 39.1 Å². The van der Waals surface area contributed by atoms with Crippen molar-refractivity contribution in [3.8, 4) is 0 Å². The molecule has 4 N–H and O–H groups in total. The number of H-pyrrole nitrogens is 1. The van der Waals surface area contributed by atoms with E-state index in [0.717, 1.165) is 22.1 Å². The zero-order chi connectivity index (χ0) is 19.5. The van der Waals surface area contributed by atoms with Gasteiger partial charge in [0.15, 0.2) is 5.16 Å². The van der Waals surface area contributed by atoms with E-state index in [4.69, 9.17) is 17.3 Å². The van der Waals surface area contributed by atoms with Crippen molar-refractivity contribution in [2.45, 2.75) is 10.1 Å². The Bertz CT molecular complexity index is 991. The Hall–Kier alpha value is -2.08. The summed E-state index contributed by atoms with van der Waals surface area (Å²) >= 11 is 6.94. The van der Waals surface area contributed by atoms with Crippen LogP contribution in [-0.2, 0) is 14.8 Å². The molecule has 0 fully saturated rings. The number of carbonyl (C=O) groups excluding carboxylic acids is 1. The Labute approximate surface area is 159 Å². The fourth-order valence-corrected chi connectivity index (χ4v) is 3.90. The number of nitrogens with zero attached hydrogens (tertiary/aromatic N) is 2. The second kappa shape index (κ2) is 8.08. The number of halogens is 1. The van der Waals surface area contributed by atoms with Gasteiger partial charge in [0, 0.05) is 25.8 Å². The molecule has 0 aliphatic carbocycles. The van der Waals surface area contributed by atoms with Gasteiger partial charge in [0.25, 0.3) is 5.56 Å². The number of anilines is 2. The summed E-state index contributed by atoms with van der Waals surface area (Å²) in [6.07, 6.45) is 0. The second-order valence-corrected chi connectivity index (χ2v) is 8.74. The Balaban J connectivity index is 2.11. The topological polar surface area (TPSA) is 138 Å². The highest BCUT2D eigenvalue weighted by molar-refractivity contribution is 7.99. The minimum atomic E-state index is -3.75. The first-order valence-corrected chi connectivity index (χ1v) is 9.91. The number of carbonyl (C=O) groups is 1. The number of thioether (sulfide) groups is 1. The number of nitrogens with two attached hydrogens (primary N) is 1. The summed E-state index contributed by atoms with van der Waals surface area (Å²) in [5.74, 6) is -0.436. The van der Waals surface area contributed by atoms with Crippen LogP contribution in [0, 0.1) is 0 Å². The van der Waals surface area contributed by atoms with Gasteiger partial charge in [-0.2, -0.15) is 0 Å². The molecule has 2 aromatic rings. The fraction of sp³-hybridized carbons (Fsp3) is 0.214. The van der Waals surface area contributed by atoms with Gasteiger partial charge < -0.3 is 16.0 Å². The molecule has 0 spiro atoms. The molecule has 1 aromatic heterocycles. The van der Waals surface area contributed by atoms with E-state index in [9.17, 15) is 18.0 Å². The molecule has 1 heterocycles. The molecule has 1 amide bonds. The predicted octanol–water partition coefficient (Wildman–Crippen LogP) is 0.987. The molecule has 0 bridgehead atoms. The normalized spacial score (nSPS) is 11.5. The molecule has 0 radical (unpaired) electrons. The summed E-state index contributed by atoms with van der Waals surface area (Å²) in [6, 6.07) is 5.28. The smallest absolute Gasteiger partial charge is 0.253 e. The van der Waals surface area contributed by atoms with Crippen LogP contribution in [-0.4, -0.2) is 48.4 Å². The van der Waals surface area contributed by atoms with Crippen LogP contribution in [0.5, 0.6) is 0 Å². The summed E-state index contributed by atoms with van der Waals surface area (Å²) in [6.45, 7) is 0. The SMILES string of the molecule is CN(C)S(=O)(=O)c1cc(NC(=O)CSc2nc(N)cc(=O)[nH]2)ccc1Cl. The number of nitrogen functional groups attached to an aromatic ring is 1. The Kier molecular flexibility index (Phi) is 6.29. The lowest BCUT2D eigenvalue weighted by Gasteiger charge is -2.14. The first kappa shape index (κ1) is 20.2. The van der Waals surface area contributed by atoms with E-state index in [-0.39, 0.29) is 32.3 Å². The van der Waals surface area contributed by atoms with E-state index in [1.807, 2.05) is 0 Å². The summed E-state index contributed by atoms with van der Waals surface area (Å²) in [4.78, 5) is 29.6. The molecule has 26 heavy (non-hydrogen) atoms. The maximum atomic E-state index is 12.2. The average molecular weight is 418 g/mol. The van der Waals surface area contributed by atoms with E-state index in [0.29, 0.717) is 0 Å². The van der Waals surface area contributed by atoms with Gasteiger partial charge in [0.2, 0.25) is 15.9 Å². The van der Waals surface area contributed by atoms with Gasteiger partial charge in [-0.1, -0.05) is 23.4 Å². The molecule has 140 valence electrons. The number of hydrogen-bond donors (Lipinski definition) is 3. The largest absolute Gasteiger partial charge is 0.383 e. The highest BCUT2D eigenvalue weighted by Crippen LogP contribution is 2.27. The molecule has 12 heteroatoms. The Morgan fingerprint density at radius 3 is 2.69 bits per heavy atom. The van der Waals surface area contributed by atoms with E-state index in [1.165, 1.54) is 32.3 Å². The molecule has 0 aliphatic heterocycles. The van der Waals surface area contributed by atoms with Crippen LogP contribution in [0.1, 0.15) is 0 Å². The van der Waals surface area contributed by atoms with Crippen LogP contribution < -0.4 is 16.6 Å². The summed E-state index contributed by atoms with van der Waals surface area (Å²) < 4.78 is 25.5. The number of aromatic amines is 1. The molecular formula is C14H16ClN5O4S2. The van der Waals surface area contributed by atoms with Crippen LogP contribution in [0.3, 0.4) is 0 Å². The van der Waals surface area contributed by atoms with Crippen molar-refractivity contribution < 1.29 is 13.2 Å². The van der Waals surface area contributed by atoms with Crippen LogP contribution >= 0.6 is 23.4 Å². The van der Waals surface area contributed by atoms with Gasteiger partial charge in [-0.05, 0) is 18.2 Å². The van der Waals surface area contributed by atoms with E-state index in [2.05, 4.69) is 15.3 Å². The van der Waals surface area contributed by atoms with Crippen molar-refractivity contribution in [2.24, 2.45) is 0 Å². The Morgan fingerprint density at radius 1 is 1.38 bits per heavy atom. The molecule has 9 nitrogen and oxygen atoms in total. The minimum absolute atomic E-state index is 0.0487. The number of amides is 1. The minimum Gasteiger partial charge on any atom is -0.383 e. The first-order chi connectivity index (χ1) is 12.1. The quantitative estimate of drug-likeness (QED) is 0.470. The van der Waals surface area contributed by atoms with Crippen molar-refractivity contribution in [3.05, 3.63) is 39.6 Å². The zero-order valence-electron chi connectivity index (χ0n) is 13.8.